The average molecular weight is 262 g/mol. The van der Waals surface area contributed by atoms with Crippen molar-refractivity contribution in [2.45, 2.75) is 25.8 Å². The molecule has 4 heteroatoms. The Labute approximate surface area is 107 Å². The third kappa shape index (κ3) is 3.63. The van der Waals surface area contributed by atoms with Crippen molar-refractivity contribution in [3.05, 3.63) is 33.8 Å². The molecule has 1 rings (SSSR count). The van der Waals surface area contributed by atoms with E-state index in [1.54, 1.807) is 6.07 Å². The molecule has 1 aromatic rings. The van der Waals surface area contributed by atoms with Gasteiger partial charge in [-0.1, -0.05) is 42.3 Å². The van der Waals surface area contributed by atoms with E-state index in [0.717, 1.165) is 18.5 Å². The molecule has 1 unspecified atom stereocenters. The van der Waals surface area contributed by atoms with Crippen LogP contribution < -0.4 is 5.32 Å². The summed E-state index contributed by atoms with van der Waals surface area (Å²) in [4.78, 5) is 0. The zero-order chi connectivity index (χ0) is 12.0. The molecule has 0 radical (unpaired) electrons. The number of hydrogen-bond acceptors (Lipinski definition) is 2. The first kappa shape index (κ1) is 13.8. The normalized spacial score (nSPS) is 12.8. The Morgan fingerprint density at radius 1 is 1.38 bits per heavy atom. The number of nitrogens with one attached hydrogen (secondary N) is 1. The zero-order valence-corrected chi connectivity index (χ0v) is 10.9. The molecule has 0 aliphatic carbocycles. The van der Waals surface area contributed by atoms with Crippen molar-refractivity contribution in [2.24, 2.45) is 0 Å². The van der Waals surface area contributed by atoms with Crippen LogP contribution in [0.1, 0.15) is 31.4 Å². The lowest BCUT2D eigenvalue weighted by molar-refractivity contribution is 0.265. The molecule has 0 aliphatic heterocycles. The molecule has 0 heterocycles. The van der Waals surface area contributed by atoms with Crippen molar-refractivity contribution in [1.82, 2.24) is 5.32 Å². The summed E-state index contributed by atoms with van der Waals surface area (Å²) < 4.78 is 0. The number of rotatable bonds is 6. The molecule has 0 amide bonds. The van der Waals surface area contributed by atoms with Crippen LogP contribution in [-0.4, -0.2) is 18.3 Å². The van der Waals surface area contributed by atoms with Crippen LogP contribution >= 0.6 is 23.2 Å². The smallest absolute Gasteiger partial charge is 0.0640 e. The van der Waals surface area contributed by atoms with Crippen molar-refractivity contribution in [1.29, 1.82) is 0 Å². The highest BCUT2D eigenvalue weighted by atomic mass is 35.5. The Morgan fingerprint density at radius 3 is 2.75 bits per heavy atom. The predicted octanol–water partition coefficient (Wildman–Crippen LogP) is 3.42. The SMILES string of the molecule is CCCNC(CCO)c1cccc(Cl)c1Cl. The largest absolute Gasteiger partial charge is 0.396 e. The summed E-state index contributed by atoms with van der Waals surface area (Å²) in [7, 11) is 0. The molecule has 90 valence electrons. The van der Waals surface area contributed by atoms with Gasteiger partial charge < -0.3 is 10.4 Å². The van der Waals surface area contributed by atoms with E-state index in [4.69, 9.17) is 28.3 Å². The first-order valence-electron chi connectivity index (χ1n) is 5.48. The maximum absolute atomic E-state index is 9.04. The molecular formula is C12H17Cl2NO. The Bertz CT molecular complexity index is 331. The highest BCUT2D eigenvalue weighted by Crippen LogP contribution is 2.31. The molecule has 0 saturated carbocycles. The van der Waals surface area contributed by atoms with Gasteiger partial charge in [0.15, 0.2) is 0 Å². The highest BCUT2D eigenvalue weighted by molar-refractivity contribution is 6.42. The number of aliphatic hydroxyl groups excluding tert-OH is 1. The number of benzene rings is 1. The van der Waals surface area contributed by atoms with Gasteiger partial charge in [-0.15, -0.1) is 0 Å². The van der Waals surface area contributed by atoms with Gasteiger partial charge in [-0.25, -0.2) is 0 Å². The third-order valence-electron chi connectivity index (χ3n) is 2.42. The van der Waals surface area contributed by atoms with Crippen LogP contribution in [0.25, 0.3) is 0 Å². The molecule has 0 aromatic heterocycles. The lowest BCUT2D eigenvalue weighted by Gasteiger charge is -2.19. The van der Waals surface area contributed by atoms with Gasteiger partial charge >= 0.3 is 0 Å². The van der Waals surface area contributed by atoms with Crippen LogP contribution in [-0.2, 0) is 0 Å². The minimum atomic E-state index is 0.0659. The van der Waals surface area contributed by atoms with E-state index in [2.05, 4.69) is 12.2 Å². The Kier molecular flexibility index (Phi) is 6.14. The summed E-state index contributed by atoms with van der Waals surface area (Å²) in [6.07, 6.45) is 1.68. The second kappa shape index (κ2) is 7.13. The fourth-order valence-corrected chi connectivity index (χ4v) is 2.04. The molecule has 0 bridgehead atoms. The van der Waals surface area contributed by atoms with Gasteiger partial charge in [-0.2, -0.15) is 0 Å². The molecule has 16 heavy (non-hydrogen) atoms. The van der Waals surface area contributed by atoms with E-state index >= 15 is 0 Å². The van der Waals surface area contributed by atoms with Gasteiger partial charge in [0.2, 0.25) is 0 Å². The molecule has 1 aromatic carbocycles. The van der Waals surface area contributed by atoms with Crippen molar-refractivity contribution in [3.63, 3.8) is 0 Å². The Hall–Kier alpha value is -0.280. The zero-order valence-electron chi connectivity index (χ0n) is 9.34. The van der Waals surface area contributed by atoms with Gasteiger partial charge in [-0.05, 0) is 31.0 Å². The van der Waals surface area contributed by atoms with Crippen LogP contribution in [0.3, 0.4) is 0 Å². The molecule has 0 saturated heterocycles. The number of aliphatic hydroxyl groups is 1. The Balaban J connectivity index is 2.86. The monoisotopic (exact) mass is 261 g/mol. The molecule has 2 nitrogen and oxygen atoms in total. The average Bonchev–Trinajstić information content (AvgIpc) is 2.28. The van der Waals surface area contributed by atoms with E-state index < -0.39 is 0 Å². The minimum Gasteiger partial charge on any atom is -0.396 e. The van der Waals surface area contributed by atoms with Gasteiger partial charge in [-0.3, -0.25) is 0 Å². The summed E-state index contributed by atoms with van der Waals surface area (Å²) in [5.41, 5.74) is 0.955. The topological polar surface area (TPSA) is 32.3 Å². The van der Waals surface area contributed by atoms with Crippen LogP contribution in [0.4, 0.5) is 0 Å². The van der Waals surface area contributed by atoms with E-state index in [1.807, 2.05) is 12.1 Å². The molecule has 0 fully saturated rings. The molecule has 1 atom stereocenters. The van der Waals surface area contributed by atoms with Crippen LogP contribution in [0.5, 0.6) is 0 Å². The van der Waals surface area contributed by atoms with Crippen LogP contribution in [0, 0.1) is 0 Å². The lowest BCUT2D eigenvalue weighted by atomic mass is 10.0. The second-order valence-electron chi connectivity index (χ2n) is 3.66. The van der Waals surface area contributed by atoms with Crippen molar-refractivity contribution in [2.75, 3.05) is 13.2 Å². The van der Waals surface area contributed by atoms with Gasteiger partial charge in [0.25, 0.3) is 0 Å². The van der Waals surface area contributed by atoms with Crippen LogP contribution in [0.15, 0.2) is 18.2 Å². The fourth-order valence-electron chi connectivity index (χ4n) is 1.60. The highest BCUT2D eigenvalue weighted by Gasteiger charge is 2.14. The summed E-state index contributed by atoms with van der Waals surface area (Å²) in [6, 6.07) is 5.65. The lowest BCUT2D eigenvalue weighted by Crippen LogP contribution is -2.23. The number of halogens is 2. The van der Waals surface area contributed by atoms with Gasteiger partial charge in [0.1, 0.15) is 0 Å². The summed E-state index contributed by atoms with van der Waals surface area (Å²) in [5.74, 6) is 0. The predicted molar refractivity (Wildman–Crippen MR) is 69.2 cm³/mol. The third-order valence-corrected chi connectivity index (χ3v) is 3.25. The summed E-state index contributed by atoms with van der Waals surface area (Å²) >= 11 is 12.1. The molecule has 0 spiro atoms. The first-order valence-corrected chi connectivity index (χ1v) is 6.24. The molecular weight excluding hydrogens is 245 g/mol. The van der Waals surface area contributed by atoms with Crippen molar-refractivity contribution >= 4 is 23.2 Å². The molecule has 0 aliphatic rings. The van der Waals surface area contributed by atoms with E-state index in [9.17, 15) is 0 Å². The van der Waals surface area contributed by atoms with Gasteiger partial charge in [0, 0.05) is 12.6 Å². The fraction of sp³-hybridized carbons (Fsp3) is 0.500. The Morgan fingerprint density at radius 2 is 2.12 bits per heavy atom. The molecule has 2 N–H and O–H groups in total. The van der Waals surface area contributed by atoms with E-state index in [1.165, 1.54) is 0 Å². The summed E-state index contributed by atoms with van der Waals surface area (Å²) in [6.45, 7) is 3.13. The summed E-state index contributed by atoms with van der Waals surface area (Å²) in [5, 5.41) is 13.5. The van der Waals surface area contributed by atoms with Crippen molar-refractivity contribution < 1.29 is 5.11 Å². The minimum absolute atomic E-state index is 0.0659. The van der Waals surface area contributed by atoms with Crippen LogP contribution in [0.2, 0.25) is 10.0 Å². The maximum Gasteiger partial charge on any atom is 0.0640 e. The quantitative estimate of drug-likeness (QED) is 0.823. The van der Waals surface area contributed by atoms with Crippen molar-refractivity contribution in [3.8, 4) is 0 Å². The van der Waals surface area contributed by atoms with E-state index in [0.29, 0.717) is 16.5 Å². The standard InChI is InChI=1S/C12H17Cl2NO/c1-2-7-15-11(6-8-16)9-4-3-5-10(13)12(9)14/h3-5,11,15-16H,2,6-8H2,1H3. The first-order chi connectivity index (χ1) is 7.70. The maximum atomic E-state index is 9.04. The van der Waals surface area contributed by atoms with E-state index in [-0.39, 0.29) is 12.6 Å². The second-order valence-corrected chi connectivity index (χ2v) is 4.45. The number of hydrogen-bond donors (Lipinski definition) is 2. The van der Waals surface area contributed by atoms with Gasteiger partial charge in [0.05, 0.1) is 10.0 Å².